The molecule has 0 aromatic heterocycles. The molecule has 0 N–H and O–H groups in total. The number of ether oxygens (including phenoxy) is 2. The van der Waals surface area contributed by atoms with Gasteiger partial charge in [-0.15, -0.1) is 0 Å². The van der Waals surface area contributed by atoms with Crippen LogP contribution in [-0.4, -0.2) is 13.1 Å². The van der Waals surface area contributed by atoms with E-state index in [0.717, 1.165) is 12.8 Å². The van der Waals surface area contributed by atoms with Crippen molar-refractivity contribution >= 4 is 17.6 Å². The Morgan fingerprint density at radius 3 is 2.59 bits per heavy atom. The summed E-state index contributed by atoms with van der Waals surface area (Å²) in [5, 5.41) is 0.471. The van der Waals surface area contributed by atoms with Crippen LogP contribution in [0.5, 0.6) is 11.5 Å². The zero-order chi connectivity index (χ0) is 15.5. The zero-order valence-corrected chi connectivity index (χ0v) is 13.2. The molecule has 0 unspecified atom stereocenters. The molecule has 0 bridgehead atoms. The van der Waals surface area contributed by atoms with E-state index in [1.165, 1.54) is 31.1 Å². The molecule has 2 aromatic rings. The summed E-state index contributed by atoms with van der Waals surface area (Å²) in [6, 6.07) is 10.7. The van der Waals surface area contributed by atoms with Crippen molar-refractivity contribution in [1.29, 1.82) is 0 Å². The molecular weight excluding hydrogens is 300 g/mol. The average Bonchev–Trinajstić information content (AvgIpc) is 2.54. The maximum absolute atomic E-state index is 12.4. The Morgan fingerprint density at radius 2 is 1.82 bits per heavy atom. The van der Waals surface area contributed by atoms with E-state index in [4.69, 9.17) is 21.1 Å². The van der Waals surface area contributed by atoms with Gasteiger partial charge in [-0.2, -0.15) is 0 Å². The van der Waals surface area contributed by atoms with Gasteiger partial charge in [0.1, 0.15) is 17.1 Å². The fourth-order valence-corrected chi connectivity index (χ4v) is 2.95. The number of fused-ring (bicyclic) bond motifs is 1. The van der Waals surface area contributed by atoms with Crippen molar-refractivity contribution in [3.8, 4) is 11.5 Å². The second-order valence-corrected chi connectivity index (χ2v) is 5.81. The van der Waals surface area contributed by atoms with Gasteiger partial charge in [0, 0.05) is 5.02 Å². The summed E-state index contributed by atoms with van der Waals surface area (Å²) in [7, 11) is 1.51. The summed E-state index contributed by atoms with van der Waals surface area (Å²) in [5.41, 5.74) is 2.95. The maximum atomic E-state index is 12.4. The standard InChI is InChI=1S/C18H17ClO3/c1-21-17-9-7-14(19)11-16(17)18(20)22-15-8-6-12-4-2-3-5-13(12)10-15/h6-11H,2-5H2,1H3. The van der Waals surface area contributed by atoms with Crippen LogP contribution in [0.2, 0.25) is 5.02 Å². The summed E-state index contributed by atoms with van der Waals surface area (Å²) >= 11 is 5.95. The van der Waals surface area contributed by atoms with Crippen molar-refractivity contribution in [2.75, 3.05) is 7.11 Å². The fourth-order valence-electron chi connectivity index (χ4n) is 2.78. The molecule has 1 aliphatic carbocycles. The molecule has 0 saturated heterocycles. The smallest absolute Gasteiger partial charge is 0.347 e. The minimum atomic E-state index is -0.463. The molecule has 22 heavy (non-hydrogen) atoms. The maximum Gasteiger partial charge on any atom is 0.347 e. The fraction of sp³-hybridized carbons (Fsp3) is 0.278. The number of carbonyl (C=O) groups is 1. The number of carbonyl (C=O) groups excluding carboxylic acids is 1. The van der Waals surface area contributed by atoms with Crippen molar-refractivity contribution in [1.82, 2.24) is 0 Å². The second-order valence-electron chi connectivity index (χ2n) is 5.37. The first-order chi connectivity index (χ1) is 10.7. The largest absolute Gasteiger partial charge is 0.496 e. The van der Waals surface area contributed by atoms with E-state index in [0.29, 0.717) is 22.1 Å². The van der Waals surface area contributed by atoms with Crippen LogP contribution in [0.25, 0.3) is 0 Å². The van der Waals surface area contributed by atoms with Crippen LogP contribution in [0.1, 0.15) is 34.3 Å². The Morgan fingerprint density at radius 1 is 1.05 bits per heavy atom. The number of rotatable bonds is 3. The van der Waals surface area contributed by atoms with E-state index in [1.807, 2.05) is 18.2 Å². The lowest BCUT2D eigenvalue weighted by Crippen LogP contribution is -2.11. The van der Waals surface area contributed by atoms with Gasteiger partial charge in [-0.25, -0.2) is 4.79 Å². The van der Waals surface area contributed by atoms with Gasteiger partial charge in [0.25, 0.3) is 0 Å². The van der Waals surface area contributed by atoms with Crippen LogP contribution in [0.4, 0.5) is 0 Å². The Bertz CT molecular complexity index is 709. The minimum Gasteiger partial charge on any atom is -0.496 e. The molecule has 0 aliphatic heterocycles. The van der Waals surface area contributed by atoms with E-state index < -0.39 is 5.97 Å². The third kappa shape index (κ3) is 3.09. The Kier molecular flexibility index (Phi) is 4.34. The van der Waals surface area contributed by atoms with Gasteiger partial charge < -0.3 is 9.47 Å². The lowest BCUT2D eigenvalue weighted by atomic mass is 9.92. The van der Waals surface area contributed by atoms with Crippen LogP contribution in [0, 0.1) is 0 Å². The molecule has 0 amide bonds. The number of benzene rings is 2. The monoisotopic (exact) mass is 316 g/mol. The number of halogens is 1. The van der Waals surface area contributed by atoms with Gasteiger partial charge in [0.05, 0.1) is 7.11 Å². The van der Waals surface area contributed by atoms with Crippen LogP contribution in [-0.2, 0) is 12.8 Å². The molecule has 3 rings (SSSR count). The number of esters is 1. The first kappa shape index (κ1) is 14.9. The summed E-state index contributed by atoms with van der Waals surface area (Å²) in [6.07, 6.45) is 4.56. The molecule has 3 nitrogen and oxygen atoms in total. The van der Waals surface area contributed by atoms with Gasteiger partial charge in [0.2, 0.25) is 0 Å². The Labute approximate surface area is 134 Å². The van der Waals surface area contributed by atoms with Crippen molar-refractivity contribution < 1.29 is 14.3 Å². The summed E-state index contributed by atoms with van der Waals surface area (Å²) < 4.78 is 10.7. The predicted octanol–water partition coefficient (Wildman–Crippen LogP) is 4.45. The first-order valence-electron chi connectivity index (χ1n) is 7.35. The molecule has 4 heteroatoms. The van der Waals surface area contributed by atoms with Crippen LogP contribution < -0.4 is 9.47 Å². The molecule has 0 heterocycles. The van der Waals surface area contributed by atoms with Crippen LogP contribution in [0.15, 0.2) is 36.4 Å². The second kappa shape index (κ2) is 6.41. The van der Waals surface area contributed by atoms with Crippen molar-refractivity contribution in [3.63, 3.8) is 0 Å². The third-order valence-corrected chi connectivity index (χ3v) is 4.15. The molecule has 1 aliphatic rings. The van der Waals surface area contributed by atoms with Gasteiger partial charge in [-0.1, -0.05) is 17.7 Å². The highest BCUT2D eigenvalue weighted by Gasteiger charge is 2.17. The van der Waals surface area contributed by atoms with Crippen molar-refractivity contribution in [2.45, 2.75) is 25.7 Å². The number of hydrogen-bond donors (Lipinski definition) is 0. The highest BCUT2D eigenvalue weighted by molar-refractivity contribution is 6.31. The average molecular weight is 317 g/mol. The lowest BCUT2D eigenvalue weighted by molar-refractivity contribution is 0.0731. The van der Waals surface area contributed by atoms with Gasteiger partial charge in [-0.05, 0) is 67.1 Å². The topological polar surface area (TPSA) is 35.5 Å². The van der Waals surface area contributed by atoms with E-state index in [2.05, 4.69) is 0 Å². The molecule has 0 spiro atoms. The number of methoxy groups -OCH3 is 1. The minimum absolute atomic E-state index is 0.327. The molecule has 0 saturated carbocycles. The van der Waals surface area contributed by atoms with Gasteiger partial charge in [-0.3, -0.25) is 0 Å². The summed E-state index contributed by atoms with van der Waals surface area (Å²) in [6.45, 7) is 0. The summed E-state index contributed by atoms with van der Waals surface area (Å²) in [4.78, 5) is 12.4. The van der Waals surface area contributed by atoms with E-state index in [9.17, 15) is 4.79 Å². The Hall–Kier alpha value is -2.00. The molecular formula is C18H17ClO3. The first-order valence-corrected chi connectivity index (χ1v) is 7.72. The SMILES string of the molecule is COc1ccc(Cl)cc1C(=O)Oc1ccc2c(c1)CCCC2. The van der Waals surface area contributed by atoms with Crippen molar-refractivity contribution in [2.24, 2.45) is 0 Å². The van der Waals surface area contributed by atoms with E-state index in [1.54, 1.807) is 18.2 Å². The molecule has 2 aromatic carbocycles. The van der Waals surface area contributed by atoms with Gasteiger partial charge >= 0.3 is 5.97 Å². The number of aryl methyl sites for hydroxylation is 2. The lowest BCUT2D eigenvalue weighted by Gasteiger charge is -2.16. The highest BCUT2D eigenvalue weighted by atomic mass is 35.5. The molecule has 114 valence electrons. The molecule has 0 radical (unpaired) electrons. The quantitative estimate of drug-likeness (QED) is 0.620. The van der Waals surface area contributed by atoms with Gasteiger partial charge in [0.15, 0.2) is 0 Å². The van der Waals surface area contributed by atoms with Crippen LogP contribution in [0.3, 0.4) is 0 Å². The molecule has 0 fully saturated rings. The summed E-state index contributed by atoms with van der Waals surface area (Å²) in [5.74, 6) is 0.551. The zero-order valence-electron chi connectivity index (χ0n) is 12.4. The predicted molar refractivity (Wildman–Crippen MR) is 86.0 cm³/mol. The number of hydrogen-bond acceptors (Lipinski definition) is 3. The van der Waals surface area contributed by atoms with E-state index in [-0.39, 0.29) is 0 Å². The normalized spacial score (nSPS) is 13.4. The highest BCUT2D eigenvalue weighted by Crippen LogP contribution is 2.28. The van der Waals surface area contributed by atoms with E-state index >= 15 is 0 Å². The third-order valence-electron chi connectivity index (χ3n) is 3.91. The molecule has 0 atom stereocenters. The van der Waals surface area contributed by atoms with Crippen LogP contribution >= 0.6 is 11.6 Å². The Balaban J connectivity index is 1.84. The van der Waals surface area contributed by atoms with Crippen molar-refractivity contribution in [3.05, 3.63) is 58.1 Å².